The lowest BCUT2D eigenvalue weighted by molar-refractivity contribution is -0.125. The summed E-state index contributed by atoms with van der Waals surface area (Å²) in [7, 11) is 0. The molecule has 6 heteroatoms. The second-order valence-electron chi connectivity index (χ2n) is 5.35. The number of hydrogen-bond donors (Lipinski definition) is 3. The summed E-state index contributed by atoms with van der Waals surface area (Å²) in [6, 6.07) is 0. The van der Waals surface area contributed by atoms with Crippen molar-refractivity contribution in [2.45, 2.75) is 40.0 Å². The van der Waals surface area contributed by atoms with Crippen molar-refractivity contribution in [3.63, 3.8) is 0 Å². The predicted molar refractivity (Wildman–Crippen MR) is 75.6 cm³/mol. The van der Waals surface area contributed by atoms with E-state index in [2.05, 4.69) is 31.4 Å². The molecule has 0 aromatic rings. The predicted octanol–water partition coefficient (Wildman–Crippen LogP) is 0.816. The van der Waals surface area contributed by atoms with Crippen LogP contribution in [0.4, 0.5) is 0 Å². The summed E-state index contributed by atoms with van der Waals surface area (Å²) < 4.78 is 0. The van der Waals surface area contributed by atoms with Gasteiger partial charge >= 0.3 is 0 Å². The van der Waals surface area contributed by atoms with Gasteiger partial charge in [0.2, 0.25) is 11.8 Å². The van der Waals surface area contributed by atoms with Gasteiger partial charge in [0.05, 0.1) is 13.1 Å². The Hall–Kier alpha value is -0.810. The van der Waals surface area contributed by atoms with Crippen LogP contribution in [0.25, 0.3) is 0 Å². The lowest BCUT2D eigenvalue weighted by Crippen LogP contribution is -2.39. The molecular formula is C12H26ClN3O2. The molecule has 0 aliphatic carbocycles. The third-order valence-corrected chi connectivity index (χ3v) is 2.31. The second-order valence-corrected chi connectivity index (χ2v) is 5.35. The Bertz CT molecular complexity index is 252. The van der Waals surface area contributed by atoms with Crippen LogP contribution in [0.2, 0.25) is 0 Å². The number of nitrogens with two attached hydrogens (primary N) is 1. The Balaban J connectivity index is 0. The molecule has 0 aromatic carbocycles. The van der Waals surface area contributed by atoms with E-state index in [9.17, 15) is 9.59 Å². The zero-order valence-electron chi connectivity index (χ0n) is 11.5. The van der Waals surface area contributed by atoms with Crippen molar-refractivity contribution in [3.05, 3.63) is 0 Å². The minimum Gasteiger partial charge on any atom is -0.355 e. The van der Waals surface area contributed by atoms with E-state index in [1.54, 1.807) is 0 Å². The Morgan fingerprint density at radius 3 is 2.17 bits per heavy atom. The fourth-order valence-corrected chi connectivity index (χ4v) is 1.32. The first-order valence-corrected chi connectivity index (χ1v) is 6.08. The maximum atomic E-state index is 11.3. The van der Waals surface area contributed by atoms with Crippen molar-refractivity contribution in [2.24, 2.45) is 11.1 Å². The molecule has 5 nitrogen and oxygen atoms in total. The monoisotopic (exact) mass is 279 g/mol. The van der Waals surface area contributed by atoms with Gasteiger partial charge in [-0.3, -0.25) is 9.59 Å². The van der Waals surface area contributed by atoms with Crippen LogP contribution in [0, 0.1) is 5.41 Å². The molecule has 0 aliphatic heterocycles. The van der Waals surface area contributed by atoms with Crippen LogP contribution in [0.3, 0.4) is 0 Å². The van der Waals surface area contributed by atoms with Gasteiger partial charge in [0.1, 0.15) is 0 Å². The highest BCUT2D eigenvalue weighted by molar-refractivity contribution is 5.85. The number of amides is 2. The van der Waals surface area contributed by atoms with Crippen molar-refractivity contribution >= 4 is 24.2 Å². The topological polar surface area (TPSA) is 84.2 Å². The molecule has 0 fully saturated rings. The van der Waals surface area contributed by atoms with Crippen molar-refractivity contribution in [3.8, 4) is 0 Å². The molecule has 0 saturated heterocycles. The molecule has 0 radical (unpaired) electrons. The van der Waals surface area contributed by atoms with Crippen LogP contribution >= 0.6 is 12.4 Å². The van der Waals surface area contributed by atoms with E-state index in [0.717, 1.165) is 19.3 Å². The minimum absolute atomic E-state index is 0. The summed E-state index contributed by atoms with van der Waals surface area (Å²) >= 11 is 0. The molecule has 2 amide bonds. The zero-order chi connectivity index (χ0) is 13.3. The average molecular weight is 280 g/mol. The summed E-state index contributed by atoms with van der Waals surface area (Å²) in [6.45, 7) is 7.19. The Kier molecular flexibility index (Phi) is 11.0. The van der Waals surface area contributed by atoms with Gasteiger partial charge in [0.25, 0.3) is 0 Å². The fourth-order valence-electron chi connectivity index (χ4n) is 1.32. The van der Waals surface area contributed by atoms with Gasteiger partial charge in [0, 0.05) is 6.54 Å². The smallest absolute Gasteiger partial charge is 0.239 e. The van der Waals surface area contributed by atoms with Crippen LogP contribution in [0.5, 0.6) is 0 Å². The number of halogens is 1. The molecule has 0 aromatic heterocycles. The molecule has 0 atom stereocenters. The largest absolute Gasteiger partial charge is 0.355 e. The Morgan fingerprint density at radius 1 is 1.06 bits per heavy atom. The molecular weight excluding hydrogens is 254 g/mol. The highest BCUT2D eigenvalue weighted by atomic mass is 35.5. The molecule has 0 bridgehead atoms. The first-order chi connectivity index (χ1) is 7.85. The van der Waals surface area contributed by atoms with Crippen LogP contribution in [-0.4, -0.2) is 31.4 Å². The van der Waals surface area contributed by atoms with Crippen molar-refractivity contribution in [1.82, 2.24) is 10.6 Å². The van der Waals surface area contributed by atoms with Gasteiger partial charge in [-0.25, -0.2) is 0 Å². The second kappa shape index (κ2) is 10.1. The van der Waals surface area contributed by atoms with E-state index < -0.39 is 0 Å². The van der Waals surface area contributed by atoms with E-state index >= 15 is 0 Å². The van der Waals surface area contributed by atoms with E-state index in [-0.39, 0.29) is 37.3 Å². The molecule has 4 N–H and O–H groups in total. The van der Waals surface area contributed by atoms with E-state index in [0.29, 0.717) is 12.0 Å². The number of nitrogens with one attached hydrogen (secondary N) is 2. The lowest BCUT2D eigenvalue weighted by Gasteiger charge is -2.17. The van der Waals surface area contributed by atoms with Gasteiger partial charge in [-0.2, -0.15) is 0 Å². The normalized spacial score (nSPS) is 10.4. The highest BCUT2D eigenvalue weighted by Crippen LogP contribution is 2.20. The molecule has 0 heterocycles. The highest BCUT2D eigenvalue weighted by Gasteiger charge is 2.09. The fraction of sp³-hybridized carbons (Fsp3) is 0.833. The number of hydrogen-bond acceptors (Lipinski definition) is 3. The maximum Gasteiger partial charge on any atom is 0.239 e. The number of rotatable bonds is 7. The number of carbonyl (C=O) groups is 2. The molecule has 0 rings (SSSR count). The maximum absolute atomic E-state index is 11.3. The van der Waals surface area contributed by atoms with Gasteiger partial charge in [-0.15, -0.1) is 12.4 Å². The van der Waals surface area contributed by atoms with Crippen LogP contribution in [0.1, 0.15) is 40.0 Å². The average Bonchev–Trinajstić information content (AvgIpc) is 2.23. The summed E-state index contributed by atoms with van der Waals surface area (Å²) in [5.74, 6) is -0.476. The van der Waals surface area contributed by atoms with E-state index in [1.165, 1.54) is 0 Å². The molecule has 108 valence electrons. The first kappa shape index (κ1) is 19.5. The first-order valence-electron chi connectivity index (χ1n) is 6.08. The summed E-state index contributed by atoms with van der Waals surface area (Å²) in [5, 5.41) is 5.18. The zero-order valence-corrected chi connectivity index (χ0v) is 12.4. The summed E-state index contributed by atoms with van der Waals surface area (Å²) in [6.07, 6.45) is 3.21. The molecule has 0 aliphatic rings. The molecule has 0 unspecified atom stereocenters. The minimum atomic E-state index is -0.312. The molecule has 0 saturated carbocycles. The SMILES string of the molecule is CC(C)(C)CCCCNC(=O)CNC(=O)CN.Cl. The lowest BCUT2D eigenvalue weighted by atomic mass is 9.90. The van der Waals surface area contributed by atoms with Crippen LogP contribution < -0.4 is 16.4 Å². The number of carbonyl (C=O) groups excluding carboxylic acids is 2. The summed E-state index contributed by atoms with van der Waals surface area (Å²) in [5.41, 5.74) is 5.44. The van der Waals surface area contributed by atoms with E-state index in [1.807, 2.05) is 0 Å². The van der Waals surface area contributed by atoms with Crippen LogP contribution in [-0.2, 0) is 9.59 Å². The Labute approximate surface area is 116 Å². The Morgan fingerprint density at radius 2 is 1.67 bits per heavy atom. The van der Waals surface area contributed by atoms with Gasteiger partial charge < -0.3 is 16.4 Å². The van der Waals surface area contributed by atoms with E-state index in [4.69, 9.17) is 5.73 Å². The number of unbranched alkanes of at least 4 members (excludes halogenated alkanes) is 1. The molecule has 0 spiro atoms. The standard InChI is InChI=1S/C12H25N3O2.ClH/c1-12(2,3)6-4-5-7-14-11(17)9-15-10(16)8-13;/h4-9,13H2,1-3H3,(H,14,17)(H,15,16);1H. The van der Waals surface area contributed by atoms with Crippen LogP contribution in [0.15, 0.2) is 0 Å². The van der Waals surface area contributed by atoms with Gasteiger partial charge in [-0.05, 0) is 18.3 Å². The van der Waals surface area contributed by atoms with Gasteiger partial charge in [-0.1, -0.05) is 27.2 Å². The third kappa shape index (κ3) is 13.3. The molecule has 18 heavy (non-hydrogen) atoms. The van der Waals surface area contributed by atoms with Gasteiger partial charge in [0.15, 0.2) is 0 Å². The van der Waals surface area contributed by atoms with Crippen molar-refractivity contribution in [1.29, 1.82) is 0 Å². The third-order valence-electron chi connectivity index (χ3n) is 2.31. The van der Waals surface area contributed by atoms with Crippen molar-refractivity contribution in [2.75, 3.05) is 19.6 Å². The quantitative estimate of drug-likeness (QED) is 0.603. The summed E-state index contributed by atoms with van der Waals surface area (Å²) in [4.78, 5) is 22.0. The van der Waals surface area contributed by atoms with Crippen molar-refractivity contribution < 1.29 is 9.59 Å².